The van der Waals surface area contributed by atoms with Crippen LogP contribution in [-0.2, 0) is 0 Å². The number of anilines is 1. The Balaban J connectivity index is 3.09. The third kappa shape index (κ3) is 4.38. The van der Waals surface area contributed by atoms with Crippen LogP contribution in [0, 0.1) is 21.8 Å². The van der Waals surface area contributed by atoms with Gasteiger partial charge in [0, 0.05) is 6.04 Å². The number of rotatable bonds is 6. The van der Waals surface area contributed by atoms with E-state index in [0.29, 0.717) is 12.0 Å². The molecule has 1 atom stereocenters. The van der Waals surface area contributed by atoms with Crippen molar-refractivity contribution in [3.63, 3.8) is 0 Å². The lowest BCUT2D eigenvalue weighted by atomic mass is 10.0. The molecule has 0 aliphatic carbocycles. The van der Waals surface area contributed by atoms with Gasteiger partial charge in [0.25, 0.3) is 11.6 Å². The molecule has 0 aliphatic heterocycles. The summed E-state index contributed by atoms with van der Waals surface area (Å²) in [6.07, 6.45) is 0.725. The second-order valence-electron chi connectivity index (χ2n) is 5.25. The molecule has 0 bridgehead atoms. The lowest BCUT2D eigenvalue weighted by molar-refractivity contribution is -0.385. The van der Waals surface area contributed by atoms with Crippen molar-refractivity contribution in [2.24, 2.45) is 11.8 Å². The number of amides is 1. The topological polar surface area (TPSA) is 110 Å². The smallest absolute Gasteiger partial charge is 0.285 e. The fraction of sp³-hybridized carbons (Fsp3) is 0.462. The molecule has 0 saturated heterocycles. The number of nitro groups is 1. The maximum absolute atomic E-state index is 13.5. The number of hydrogen-bond donors (Lipinski definition) is 3. The van der Waals surface area contributed by atoms with Crippen molar-refractivity contribution in [2.45, 2.75) is 33.2 Å². The number of halogens is 1. The highest BCUT2D eigenvalue weighted by Crippen LogP contribution is 2.25. The van der Waals surface area contributed by atoms with Gasteiger partial charge in [-0.1, -0.05) is 13.8 Å². The van der Waals surface area contributed by atoms with Gasteiger partial charge in [-0.25, -0.2) is 4.39 Å². The second-order valence-corrected chi connectivity index (χ2v) is 5.25. The Labute approximate surface area is 121 Å². The summed E-state index contributed by atoms with van der Waals surface area (Å²) >= 11 is 0. The first-order chi connectivity index (χ1) is 9.76. The zero-order valence-corrected chi connectivity index (χ0v) is 12.1. The molecule has 116 valence electrons. The third-order valence-corrected chi connectivity index (χ3v) is 2.88. The number of hydrazine groups is 1. The minimum atomic E-state index is -0.893. The Kier molecular flexibility index (Phi) is 5.60. The summed E-state index contributed by atoms with van der Waals surface area (Å²) in [6.45, 7) is 5.80. The van der Waals surface area contributed by atoms with Crippen molar-refractivity contribution in [3.8, 4) is 0 Å². The Bertz CT molecular complexity index is 548. The molecule has 0 saturated carbocycles. The van der Waals surface area contributed by atoms with Gasteiger partial charge in [0.2, 0.25) is 0 Å². The molecule has 0 aromatic heterocycles. The molecule has 1 aromatic rings. The largest absolute Gasteiger partial charge is 0.349 e. The van der Waals surface area contributed by atoms with Gasteiger partial charge in [0.1, 0.15) is 5.56 Å². The van der Waals surface area contributed by atoms with Crippen LogP contribution < -0.4 is 16.6 Å². The maximum atomic E-state index is 13.5. The third-order valence-electron chi connectivity index (χ3n) is 2.88. The number of nitrogens with one attached hydrogen (secondary N) is 2. The van der Waals surface area contributed by atoms with E-state index in [9.17, 15) is 19.3 Å². The quantitative estimate of drug-likeness (QED) is 0.423. The summed E-state index contributed by atoms with van der Waals surface area (Å²) in [5, 5.41) is 13.6. The Morgan fingerprint density at radius 2 is 2.05 bits per heavy atom. The summed E-state index contributed by atoms with van der Waals surface area (Å²) in [5.41, 5.74) is 1.06. The van der Waals surface area contributed by atoms with Crippen LogP contribution in [0.3, 0.4) is 0 Å². The first-order valence-electron chi connectivity index (χ1n) is 6.51. The fourth-order valence-corrected chi connectivity index (χ4v) is 2.07. The van der Waals surface area contributed by atoms with Crippen LogP contribution in [0.1, 0.15) is 37.6 Å². The van der Waals surface area contributed by atoms with Gasteiger partial charge in [0.15, 0.2) is 5.82 Å². The molecule has 7 nitrogen and oxygen atoms in total. The molecule has 4 N–H and O–H groups in total. The number of nitrogen functional groups attached to an aromatic ring is 1. The summed E-state index contributed by atoms with van der Waals surface area (Å²) in [4.78, 5) is 22.3. The predicted molar refractivity (Wildman–Crippen MR) is 77.2 cm³/mol. The molecule has 1 unspecified atom stereocenters. The number of carbonyl (C=O) groups is 1. The van der Waals surface area contributed by atoms with Crippen LogP contribution in [-0.4, -0.2) is 16.9 Å². The zero-order valence-electron chi connectivity index (χ0n) is 12.1. The molecular formula is C13H19FN4O3. The van der Waals surface area contributed by atoms with E-state index in [0.717, 1.165) is 12.5 Å². The van der Waals surface area contributed by atoms with Gasteiger partial charge in [-0.15, -0.1) is 0 Å². The number of nitrogens with two attached hydrogens (primary N) is 1. The van der Waals surface area contributed by atoms with Crippen LogP contribution in [0.2, 0.25) is 0 Å². The lowest BCUT2D eigenvalue weighted by Crippen LogP contribution is -2.34. The second kappa shape index (κ2) is 6.98. The van der Waals surface area contributed by atoms with Crippen LogP contribution >= 0.6 is 0 Å². The average Bonchev–Trinajstić information content (AvgIpc) is 2.36. The van der Waals surface area contributed by atoms with Crippen molar-refractivity contribution < 1.29 is 14.1 Å². The number of nitrogens with zero attached hydrogens (tertiary/aromatic N) is 1. The van der Waals surface area contributed by atoms with Gasteiger partial charge < -0.3 is 10.7 Å². The SMILES string of the molecule is CC(C)CC(C)NC(=O)c1cc(NN)c(F)cc1[N+](=O)[O-]. The van der Waals surface area contributed by atoms with E-state index in [-0.39, 0.29) is 17.3 Å². The maximum Gasteiger partial charge on any atom is 0.285 e. The highest BCUT2D eigenvalue weighted by Gasteiger charge is 2.24. The van der Waals surface area contributed by atoms with E-state index >= 15 is 0 Å². The van der Waals surface area contributed by atoms with Crippen molar-refractivity contribution in [3.05, 3.63) is 33.6 Å². The van der Waals surface area contributed by atoms with E-state index in [1.165, 1.54) is 0 Å². The average molecular weight is 298 g/mol. The van der Waals surface area contributed by atoms with Gasteiger partial charge in [0.05, 0.1) is 16.7 Å². The van der Waals surface area contributed by atoms with Crippen LogP contribution in [0.4, 0.5) is 15.8 Å². The monoisotopic (exact) mass is 298 g/mol. The van der Waals surface area contributed by atoms with Gasteiger partial charge in [-0.05, 0) is 25.3 Å². The Morgan fingerprint density at radius 1 is 1.43 bits per heavy atom. The number of hydrogen-bond acceptors (Lipinski definition) is 5. The molecular weight excluding hydrogens is 279 g/mol. The van der Waals surface area contributed by atoms with E-state index in [4.69, 9.17) is 5.84 Å². The molecule has 1 amide bonds. The van der Waals surface area contributed by atoms with Crippen LogP contribution in [0.25, 0.3) is 0 Å². The molecule has 0 radical (unpaired) electrons. The highest BCUT2D eigenvalue weighted by molar-refractivity contribution is 5.99. The molecule has 0 aliphatic rings. The molecule has 0 spiro atoms. The van der Waals surface area contributed by atoms with Crippen molar-refractivity contribution in [1.82, 2.24) is 5.32 Å². The summed E-state index contributed by atoms with van der Waals surface area (Å²) in [6, 6.07) is 1.55. The molecule has 21 heavy (non-hydrogen) atoms. The highest BCUT2D eigenvalue weighted by atomic mass is 19.1. The molecule has 0 fully saturated rings. The Hall–Kier alpha value is -2.22. The fourth-order valence-electron chi connectivity index (χ4n) is 2.07. The van der Waals surface area contributed by atoms with E-state index < -0.39 is 22.3 Å². The summed E-state index contributed by atoms with van der Waals surface area (Å²) in [7, 11) is 0. The summed E-state index contributed by atoms with van der Waals surface area (Å²) < 4.78 is 13.5. The van der Waals surface area contributed by atoms with Gasteiger partial charge >= 0.3 is 0 Å². The van der Waals surface area contributed by atoms with E-state index in [2.05, 4.69) is 10.7 Å². The first-order valence-corrected chi connectivity index (χ1v) is 6.51. The van der Waals surface area contributed by atoms with Crippen molar-refractivity contribution in [1.29, 1.82) is 0 Å². The van der Waals surface area contributed by atoms with E-state index in [1.807, 2.05) is 13.8 Å². The van der Waals surface area contributed by atoms with Gasteiger partial charge in [-0.3, -0.25) is 20.8 Å². The zero-order chi connectivity index (χ0) is 16.2. The Morgan fingerprint density at radius 3 is 2.52 bits per heavy atom. The minimum Gasteiger partial charge on any atom is -0.349 e. The standard InChI is InChI=1S/C13H19FN4O3/c1-7(2)4-8(3)16-13(19)9-5-11(17-15)10(14)6-12(9)18(20)21/h5-8,17H,4,15H2,1-3H3,(H,16,19). The van der Waals surface area contributed by atoms with Crippen LogP contribution in [0.5, 0.6) is 0 Å². The normalized spacial score (nSPS) is 12.1. The van der Waals surface area contributed by atoms with Crippen LogP contribution in [0.15, 0.2) is 12.1 Å². The molecule has 0 heterocycles. The van der Waals surface area contributed by atoms with E-state index in [1.54, 1.807) is 6.92 Å². The number of nitro benzene ring substituents is 1. The number of carbonyl (C=O) groups excluding carboxylic acids is 1. The summed E-state index contributed by atoms with van der Waals surface area (Å²) in [5.74, 6) is 3.96. The molecule has 8 heteroatoms. The number of benzene rings is 1. The van der Waals surface area contributed by atoms with Crippen molar-refractivity contribution >= 4 is 17.3 Å². The minimum absolute atomic E-state index is 0.156. The molecule has 1 rings (SSSR count). The van der Waals surface area contributed by atoms with Gasteiger partial charge in [-0.2, -0.15) is 0 Å². The lowest BCUT2D eigenvalue weighted by Gasteiger charge is -2.16. The van der Waals surface area contributed by atoms with Crippen molar-refractivity contribution in [2.75, 3.05) is 5.43 Å². The first kappa shape index (κ1) is 16.8. The molecule has 1 aromatic carbocycles. The predicted octanol–water partition coefficient (Wildman–Crippen LogP) is 2.18.